The van der Waals surface area contributed by atoms with Gasteiger partial charge in [0.15, 0.2) is 28.2 Å². The molecule has 0 radical (unpaired) electrons. The number of aromatic nitrogens is 2. The predicted molar refractivity (Wildman–Crippen MR) is 162 cm³/mol. The topological polar surface area (TPSA) is 139 Å². The van der Waals surface area contributed by atoms with Crippen LogP contribution in [-0.2, 0) is 22.6 Å². The zero-order valence-electron chi connectivity index (χ0n) is 23.9. The molecule has 0 saturated carbocycles. The second kappa shape index (κ2) is 13.3. The summed E-state index contributed by atoms with van der Waals surface area (Å²) in [5.41, 5.74) is 2.33. The Hall–Kier alpha value is -4.75. The van der Waals surface area contributed by atoms with Crippen molar-refractivity contribution in [2.45, 2.75) is 24.7 Å². The van der Waals surface area contributed by atoms with E-state index in [1.807, 2.05) is 18.2 Å². The first kappa shape index (κ1) is 29.3. The van der Waals surface area contributed by atoms with Crippen molar-refractivity contribution in [3.63, 3.8) is 0 Å². The van der Waals surface area contributed by atoms with Crippen LogP contribution in [0.4, 0.5) is 0 Å². The maximum absolute atomic E-state index is 13.7. The number of ether oxygens (including phenoxy) is 5. The summed E-state index contributed by atoms with van der Waals surface area (Å²) in [6, 6.07) is 15.9. The molecule has 4 aromatic rings. The Morgan fingerprint density at radius 1 is 0.909 bits per heavy atom. The number of rotatable bonds is 12. The number of carbonyl (C=O) groups excluding carboxylic acids is 2. The first-order valence-electron chi connectivity index (χ1n) is 14.0. The molecule has 2 N–H and O–H groups in total. The molecule has 0 unspecified atom stereocenters. The van der Waals surface area contributed by atoms with Gasteiger partial charge in [-0.25, -0.2) is 4.98 Å². The summed E-state index contributed by atoms with van der Waals surface area (Å²) in [5, 5.41) is 6.53. The molecular weight excluding hydrogens is 588 g/mol. The lowest BCUT2D eigenvalue weighted by Gasteiger charge is -2.14. The standard InChI is InChI=1S/C31H30N4O8S/c1-39-10-2-9-32-28(36)16-44-31-34-23-13-27-26(42-18-43-27)12-22(23)30(38)35(31)15-19-3-6-21(7-4-19)29(37)33-14-20-5-8-24-25(11-20)41-17-40-24/h3-8,11-13H,2,9-10,14-18H2,1H3,(H,32,36)(H,33,37). The van der Waals surface area contributed by atoms with Crippen molar-refractivity contribution >= 4 is 34.5 Å². The van der Waals surface area contributed by atoms with Crippen molar-refractivity contribution in [2.24, 2.45) is 0 Å². The number of amides is 2. The third-order valence-electron chi connectivity index (χ3n) is 7.04. The monoisotopic (exact) mass is 618 g/mol. The lowest BCUT2D eigenvalue weighted by molar-refractivity contribution is -0.118. The normalized spacial score (nSPS) is 12.8. The zero-order valence-corrected chi connectivity index (χ0v) is 24.7. The summed E-state index contributed by atoms with van der Waals surface area (Å²) < 4.78 is 28.2. The van der Waals surface area contributed by atoms with Crippen molar-refractivity contribution in [1.82, 2.24) is 20.2 Å². The highest BCUT2D eigenvalue weighted by Gasteiger charge is 2.20. The van der Waals surface area contributed by atoms with Gasteiger partial charge >= 0.3 is 0 Å². The molecule has 0 bridgehead atoms. The van der Waals surface area contributed by atoms with Crippen molar-refractivity contribution < 1.29 is 33.3 Å². The molecule has 44 heavy (non-hydrogen) atoms. The van der Waals surface area contributed by atoms with Crippen molar-refractivity contribution in [2.75, 3.05) is 39.6 Å². The second-order valence-corrected chi connectivity index (χ2v) is 11.0. The Bertz CT molecular complexity index is 1760. The largest absolute Gasteiger partial charge is 0.454 e. The predicted octanol–water partition coefficient (Wildman–Crippen LogP) is 3.08. The number of benzene rings is 3. The molecule has 6 rings (SSSR count). The highest BCUT2D eigenvalue weighted by molar-refractivity contribution is 7.99. The van der Waals surface area contributed by atoms with E-state index in [2.05, 4.69) is 10.6 Å². The maximum Gasteiger partial charge on any atom is 0.262 e. The average Bonchev–Trinajstić information content (AvgIpc) is 3.71. The molecule has 0 atom stereocenters. The smallest absolute Gasteiger partial charge is 0.262 e. The first-order chi connectivity index (χ1) is 21.5. The fourth-order valence-corrected chi connectivity index (χ4v) is 5.57. The van der Waals surface area contributed by atoms with Gasteiger partial charge in [-0.1, -0.05) is 30.0 Å². The van der Waals surface area contributed by atoms with Crippen molar-refractivity contribution in [3.8, 4) is 23.0 Å². The van der Waals surface area contributed by atoms with Gasteiger partial charge in [0.2, 0.25) is 19.5 Å². The Balaban J connectivity index is 1.18. The van der Waals surface area contributed by atoms with E-state index in [4.69, 9.17) is 28.7 Å². The maximum atomic E-state index is 13.7. The van der Waals surface area contributed by atoms with Gasteiger partial charge in [-0.15, -0.1) is 0 Å². The first-order valence-corrected chi connectivity index (χ1v) is 15.0. The molecule has 1 aromatic heterocycles. The van der Waals surface area contributed by atoms with Crippen LogP contribution in [0.15, 0.2) is 64.5 Å². The summed E-state index contributed by atoms with van der Waals surface area (Å²) in [4.78, 5) is 43.7. The number of nitrogens with one attached hydrogen (secondary N) is 2. The highest BCUT2D eigenvalue weighted by Crippen LogP contribution is 2.35. The van der Waals surface area contributed by atoms with E-state index in [9.17, 15) is 14.4 Å². The van der Waals surface area contributed by atoms with Gasteiger partial charge < -0.3 is 34.3 Å². The van der Waals surface area contributed by atoms with Crippen LogP contribution in [-0.4, -0.2) is 61.0 Å². The highest BCUT2D eigenvalue weighted by atomic mass is 32.2. The lowest BCUT2D eigenvalue weighted by Crippen LogP contribution is -2.28. The van der Waals surface area contributed by atoms with Crippen LogP contribution in [0.1, 0.15) is 27.9 Å². The summed E-state index contributed by atoms with van der Waals surface area (Å²) in [6.45, 7) is 1.82. The number of hydrogen-bond donors (Lipinski definition) is 2. The number of hydrogen-bond acceptors (Lipinski definition) is 10. The summed E-state index contributed by atoms with van der Waals surface area (Å²) >= 11 is 1.18. The molecule has 0 spiro atoms. The van der Waals surface area contributed by atoms with Crippen LogP contribution in [0.3, 0.4) is 0 Å². The molecule has 2 aliphatic heterocycles. The summed E-state index contributed by atoms with van der Waals surface area (Å²) in [5.74, 6) is 2.01. The number of thioether (sulfide) groups is 1. The third kappa shape index (κ3) is 6.58. The van der Waals surface area contributed by atoms with Crippen LogP contribution in [0.5, 0.6) is 23.0 Å². The van der Waals surface area contributed by atoms with E-state index in [0.717, 1.165) is 11.1 Å². The lowest BCUT2D eigenvalue weighted by atomic mass is 10.1. The van der Waals surface area contributed by atoms with E-state index < -0.39 is 0 Å². The molecule has 0 fully saturated rings. The van der Waals surface area contributed by atoms with Gasteiger partial charge in [0, 0.05) is 38.4 Å². The van der Waals surface area contributed by atoms with Crippen LogP contribution >= 0.6 is 11.8 Å². The minimum Gasteiger partial charge on any atom is -0.454 e. The van der Waals surface area contributed by atoms with Gasteiger partial charge in [0.1, 0.15) is 0 Å². The van der Waals surface area contributed by atoms with Crippen LogP contribution in [0.2, 0.25) is 0 Å². The molecule has 13 heteroatoms. The minimum absolute atomic E-state index is 0.0707. The summed E-state index contributed by atoms with van der Waals surface area (Å²) in [7, 11) is 1.61. The number of methoxy groups -OCH3 is 1. The van der Waals surface area contributed by atoms with Crippen molar-refractivity contribution in [3.05, 3.63) is 81.6 Å². The van der Waals surface area contributed by atoms with E-state index in [-0.39, 0.29) is 43.3 Å². The third-order valence-corrected chi connectivity index (χ3v) is 8.02. The summed E-state index contributed by atoms with van der Waals surface area (Å²) in [6.07, 6.45) is 0.700. The Labute approximate surface area is 256 Å². The molecule has 228 valence electrons. The van der Waals surface area contributed by atoms with E-state index in [1.54, 1.807) is 43.5 Å². The van der Waals surface area contributed by atoms with Gasteiger partial charge in [-0.3, -0.25) is 19.0 Å². The van der Waals surface area contributed by atoms with Crippen LogP contribution in [0.25, 0.3) is 10.9 Å². The van der Waals surface area contributed by atoms with Crippen LogP contribution < -0.4 is 35.1 Å². The van der Waals surface area contributed by atoms with Gasteiger partial charge in [-0.2, -0.15) is 0 Å². The molecule has 2 amide bonds. The van der Waals surface area contributed by atoms with E-state index >= 15 is 0 Å². The van der Waals surface area contributed by atoms with Gasteiger partial charge in [0.05, 0.1) is 23.2 Å². The number of fused-ring (bicyclic) bond motifs is 3. The fourth-order valence-electron chi connectivity index (χ4n) is 4.75. The number of nitrogens with zero attached hydrogens (tertiary/aromatic N) is 2. The Morgan fingerprint density at radius 2 is 1.61 bits per heavy atom. The fraction of sp³-hybridized carbons (Fsp3) is 0.290. The quantitative estimate of drug-likeness (QED) is 0.138. The molecule has 2 aliphatic rings. The Kier molecular flexibility index (Phi) is 8.84. The number of carbonyl (C=O) groups is 2. The minimum atomic E-state index is -0.276. The molecular formula is C31H30N4O8S. The second-order valence-electron chi connectivity index (χ2n) is 10.1. The molecule has 0 aliphatic carbocycles. The van der Waals surface area contributed by atoms with Gasteiger partial charge in [0.25, 0.3) is 11.5 Å². The zero-order chi connectivity index (χ0) is 30.5. The SMILES string of the molecule is COCCCNC(=O)CSc1nc2cc3c(cc2c(=O)n1Cc1ccc(C(=O)NCc2ccc4c(c2)OCO4)cc1)OCO3. The van der Waals surface area contributed by atoms with Crippen LogP contribution in [0, 0.1) is 0 Å². The molecule has 12 nitrogen and oxygen atoms in total. The van der Waals surface area contributed by atoms with Gasteiger partial charge in [-0.05, 0) is 47.9 Å². The van der Waals surface area contributed by atoms with E-state index in [0.29, 0.717) is 70.7 Å². The molecule has 0 saturated heterocycles. The van der Waals surface area contributed by atoms with E-state index in [1.165, 1.54) is 16.3 Å². The van der Waals surface area contributed by atoms with Crippen molar-refractivity contribution in [1.29, 1.82) is 0 Å². The molecule has 3 aromatic carbocycles. The Morgan fingerprint density at radius 3 is 2.39 bits per heavy atom. The molecule has 3 heterocycles. The average molecular weight is 619 g/mol.